The van der Waals surface area contributed by atoms with Crippen LogP contribution in [0.3, 0.4) is 0 Å². The molecule has 0 bridgehead atoms. The van der Waals surface area contributed by atoms with Crippen molar-refractivity contribution in [2.75, 3.05) is 20.2 Å². The van der Waals surface area contributed by atoms with Gasteiger partial charge in [0.05, 0.1) is 16.1 Å². The summed E-state index contributed by atoms with van der Waals surface area (Å²) < 4.78 is 5.94. The fraction of sp³-hybridized carbons (Fsp3) is 0.462. The van der Waals surface area contributed by atoms with Crippen molar-refractivity contribution in [3.8, 4) is 5.75 Å². The summed E-state index contributed by atoms with van der Waals surface area (Å²) in [5, 5.41) is 12.5. The van der Waals surface area contributed by atoms with E-state index in [-0.39, 0.29) is 17.9 Å². The number of hydrogen-bond donors (Lipinski definition) is 2. The van der Waals surface area contributed by atoms with Gasteiger partial charge in [-0.2, -0.15) is 0 Å². The molecule has 1 heterocycles. The number of ether oxygens (including phenoxy) is 1. The monoisotopic (exact) mass is 406 g/mol. The number of benzene rings is 1. The first-order valence-corrected chi connectivity index (χ1v) is 7.82. The summed E-state index contributed by atoms with van der Waals surface area (Å²) in [6, 6.07) is 3.94. The number of phenols is 1. The normalized spacial score (nSPS) is 19.1. The summed E-state index contributed by atoms with van der Waals surface area (Å²) >= 11 is 6.66. The third-order valence-corrected chi connectivity index (χ3v) is 4.47. The summed E-state index contributed by atoms with van der Waals surface area (Å²) in [4.78, 5) is 13.4. The van der Waals surface area contributed by atoms with Crippen LogP contribution in [-0.4, -0.2) is 42.3 Å². The molecule has 1 aromatic rings. The zero-order chi connectivity index (χ0) is 14.7. The number of methoxy groups -OCH3 is 1. The summed E-state index contributed by atoms with van der Waals surface area (Å²) in [6.07, 6.45) is 0.530. The molecule has 1 amide bonds. The number of nitrogens with zero attached hydrogens (tertiary/aromatic N) is 1. The van der Waals surface area contributed by atoms with Gasteiger partial charge in [0.1, 0.15) is 5.75 Å². The molecule has 110 valence electrons. The van der Waals surface area contributed by atoms with Crippen molar-refractivity contribution < 1.29 is 14.6 Å². The molecule has 5 nitrogen and oxygen atoms in total. The van der Waals surface area contributed by atoms with Crippen LogP contribution in [0.2, 0.25) is 0 Å². The largest absolute Gasteiger partial charge is 0.506 e. The second-order valence-corrected chi connectivity index (χ2v) is 6.47. The molecule has 1 aliphatic heterocycles. The van der Waals surface area contributed by atoms with E-state index in [9.17, 15) is 9.90 Å². The first-order chi connectivity index (χ1) is 9.49. The summed E-state index contributed by atoms with van der Waals surface area (Å²) in [6.45, 7) is 2.49. The highest BCUT2D eigenvalue weighted by molar-refractivity contribution is 9.11. The number of alkyl carbamates (subject to hydrolysis) is 1. The molecular formula is C13H16Br2N2O3. The maximum absolute atomic E-state index is 11.2. The van der Waals surface area contributed by atoms with Gasteiger partial charge >= 0.3 is 6.09 Å². The third-order valence-electron chi connectivity index (χ3n) is 3.26. The molecule has 1 fully saturated rings. The number of aromatic hydroxyl groups is 1. The lowest BCUT2D eigenvalue weighted by Crippen LogP contribution is -2.36. The van der Waals surface area contributed by atoms with Gasteiger partial charge in [-0.1, -0.05) is 0 Å². The third kappa shape index (κ3) is 3.86. The first kappa shape index (κ1) is 15.6. The topological polar surface area (TPSA) is 61.8 Å². The number of phenolic OH excluding ortho intramolecular Hbond substituents is 1. The van der Waals surface area contributed by atoms with Crippen LogP contribution in [0.15, 0.2) is 21.1 Å². The second-order valence-electron chi connectivity index (χ2n) is 4.76. The number of carbonyl (C=O) groups excluding carboxylic acids is 1. The molecule has 1 aliphatic rings. The number of hydrogen-bond acceptors (Lipinski definition) is 4. The molecule has 2 N–H and O–H groups in total. The van der Waals surface area contributed by atoms with Crippen molar-refractivity contribution >= 4 is 38.0 Å². The fourth-order valence-corrected chi connectivity index (χ4v) is 3.57. The number of amides is 1. The van der Waals surface area contributed by atoms with Gasteiger partial charge in [-0.15, -0.1) is 0 Å². The van der Waals surface area contributed by atoms with E-state index in [0.29, 0.717) is 8.95 Å². The molecule has 0 aromatic heterocycles. The number of rotatable bonds is 3. The minimum absolute atomic E-state index is 0.131. The fourth-order valence-electron chi connectivity index (χ4n) is 2.29. The SMILES string of the molecule is COC(=O)NC1CCN(Cc2cc(Br)c(O)c(Br)c2)C1. The predicted molar refractivity (Wildman–Crippen MR) is 82.7 cm³/mol. The van der Waals surface area contributed by atoms with Gasteiger partial charge in [0, 0.05) is 25.7 Å². The number of halogens is 2. The quantitative estimate of drug-likeness (QED) is 0.808. The van der Waals surface area contributed by atoms with Gasteiger partial charge in [-0.05, 0) is 56.0 Å². The first-order valence-electron chi connectivity index (χ1n) is 6.23. The van der Waals surface area contributed by atoms with Crippen LogP contribution in [0.25, 0.3) is 0 Å². The van der Waals surface area contributed by atoms with Crippen LogP contribution in [0.5, 0.6) is 5.75 Å². The Labute approximate surface area is 134 Å². The molecule has 0 aliphatic carbocycles. The summed E-state index contributed by atoms with van der Waals surface area (Å²) in [5.74, 6) is 0.209. The zero-order valence-electron chi connectivity index (χ0n) is 11.0. The van der Waals surface area contributed by atoms with Crippen molar-refractivity contribution in [1.29, 1.82) is 0 Å². The Bertz CT molecular complexity index is 487. The van der Waals surface area contributed by atoms with Crippen molar-refractivity contribution in [2.24, 2.45) is 0 Å². The van der Waals surface area contributed by atoms with Gasteiger partial charge in [0.25, 0.3) is 0 Å². The lowest BCUT2D eigenvalue weighted by atomic mass is 10.2. The highest BCUT2D eigenvalue weighted by Gasteiger charge is 2.24. The van der Waals surface area contributed by atoms with E-state index in [0.717, 1.165) is 31.6 Å². The van der Waals surface area contributed by atoms with E-state index in [4.69, 9.17) is 0 Å². The summed E-state index contributed by atoms with van der Waals surface area (Å²) in [7, 11) is 1.37. The van der Waals surface area contributed by atoms with E-state index < -0.39 is 0 Å². The number of nitrogens with one attached hydrogen (secondary N) is 1. The van der Waals surface area contributed by atoms with Gasteiger partial charge in [0.15, 0.2) is 0 Å². The maximum Gasteiger partial charge on any atom is 0.407 e. The molecule has 2 rings (SSSR count). The van der Waals surface area contributed by atoms with Gasteiger partial charge in [-0.25, -0.2) is 4.79 Å². The van der Waals surface area contributed by atoms with E-state index in [1.54, 1.807) is 0 Å². The Morgan fingerprint density at radius 1 is 1.50 bits per heavy atom. The van der Waals surface area contributed by atoms with E-state index in [2.05, 4.69) is 46.8 Å². The Kier molecular flexibility index (Phi) is 5.29. The van der Waals surface area contributed by atoms with Gasteiger partial charge in [0.2, 0.25) is 0 Å². The van der Waals surface area contributed by atoms with Crippen LogP contribution in [0.1, 0.15) is 12.0 Å². The average molecular weight is 408 g/mol. The van der Waals surface area contributed by atoms with Crippen molar-refractivity contribution in [2.45, 2.75) is 19.0 Å². The number of carbonyl (C=O) groups is 1. The second kappa shape index (κ2) is 6.78. The molecule has 0 spiro atoms. The van der Waals surface area contributed by atoms with Gasteiger partial charge < -0.3 is 15.2 Å². The van der Waals surface area contributed by atoms with Crippen LogP contribution in [-0.2, 0) is 11.3 Å². The maximum atomic E-state index is 11.2. The molecule has 0 radical (unpaired) electrons. The van der Waals surface area contributed by atoms with Crippen molar-refractivity contribution in [1.82, 2.24) is 10.2 Å². The molecule has 1 aromatic carbocycles. The van der Waals surface area contributed by atoms with E-state index >= 15 is 0 Å². The minimum Gasteiger partial charge on any atom is -0.506 e. The molecule has 20 heavy (non-hydrogen) atoms. The molecule has 1 atom stereocenters. The number of likely N-dealkylation sites (tertiary alicyclic amines) is 1. The lowest BCUT2D eigenvalue weighted by Gasteiger charge is -2.17. The highest BCUT2D eigenvalue weighted by atomic mass is 79.9. The zero-order valence-corrected chi connectivity index (χ0v) is 14.2. The Balaban J connectivity index is 1.94. The highest BCUT2D eigenvalue weighted by Crippen LogP contribution is 2.33. The van der Waals surface area contributed by atoms with Crippen molar-refractivity contribution in [3.05, 3.63) is 26.6 Å². The Hall–Kier alpha value is -0.790. The minimum atomic E-state index is -0.382. The smallest absolute Gasteiger partial charge is 0.407 e. The predicted octanol–water partition coefficient (Wildman–Crippen LogP) is 2.85. The Morgan fingerprint density at radius 2 is 2.15 bits per heavy atom. The van der Waals surface area contributed by atoms with Crippen LogP contribution in [0.4, 0.5) is 4.79 Å². The van der Waals surface area contributed by atoms with Crippen molar-refractivity contribution in [3.63, 3.8) is 0 Å². The lowest BCUT2D eigenvalue weighted by molar-refractivity contribution is 0.166. The standard InChI is InChI=1S/C13H16Br2N2O3/c1-20-13(19)16-9-2-3-17(7-9)6-8-4-10(14)12(18)11(15)5-8/h4-5,9,18H,2-3,6-7H2,1H3,(H,16,19). The van der Waals surface area contributed by atoms with Crippen LogP contribution in [0, 0.1) is 0 Å². The van der Waals surface area contributed by atoms with E-state index in [1.165, 1.54) is 7.11 Å². The van der Waals surface area contributed by atoms with Crippen LogP contribution < -0.4 is 5.32 Å². The average Bonchev–Trinajstić information content (AvgIpc) is 2.83. The van der Waals surface area contributed by atoms with Gasteiger partial charge in [-0.3, -0.25) is 4.90 Å². The van der Waals surface area contributed by atoms with Crippen LogP contribution >= 0.6 is 31.9 Å². The Morgan fingerprint density at radius 3 is 2.75 bits per heavy atom. The molecule has 0 saturated carbocycles. The molecule has 1 saturated heterocycles. The molecular weight excluding hydrogens is 392 g/mol. The molecule has 7 heteroatoms. The molecule has 1 unspecified atom stereocenters. The summed E-state index contributed by atoms with van der Waals surface area (Å²) in [5.41, 5.74) is 1.10. The van der Waals surface area contributed by atoms with E-state index in [1.807, 2.05) is 12.1 Å².